The van der Waals surface area contributed by atoms with Crippen LogP contribution in [-0.4, -0.2) is 29.2 Å². The van der Waals surface area contributed by atoms with Crippen molar-refractivity contribution in [3.05, 3.63) is 35.6 Å². The number of hydrogen-bond acceptors (Lipinski definition) is 3. The Kier molecular flexibility index (Phi) is 5.03. The monoisotopic (exact) mass is 269 g/mol. The molecule has 100 valence electrons. The van der Waals surface area contributed by atoms with Gasteiger partial charge in [0, 0.05) is 23.4 Å². The van der Waals surface area contributed by atoms with Crippen LogP contribution in [-0.2, 0) is 0 Å². The predicted octanol–water partition coefficient (Wildman–Crippen LogP) is 2.73. The van der Waals surface area contributed by atoms with Crippen molar-refractivity contribution in [2.24, 2.45) is 0 Å². The molecular formula is C14H20FNOS. The molecule has 0 bridgehead atoms. The molecule has 3 unspecified atom stereocenters. The first-order valence-corrected chi connectivity index (χ1v) is 7.70. The number of rotatable bonds is 5. The van der Waals surface area contributed by atoms with E-state index in [4.69, 9.17) is 0 Å². The zero-order chi connectivity index (χ0) is 13.0. The predicted molar refractivity (Wildman–Crippen MR) is 74.3 cm³/mol. The molecule has 0 radical (unpaired) electrons. The number of aliphatic hydroxyl groups excluding tert-OH is 1. The van der Waals surface area contributed by atoms with Gasteiger partial charge in [-0.05, 0) is 25.2 Å². The van der Waals surface area contributed by atoms with Crippen LogP contribution in [0.1, 0.15) is 30.9 Å². The van der Waals surface area contributed by atoms with E-state index in [2.05, 4.69) is 11.6 Å². The summed E-state index contributed by atoms with van der Waals surface area (Å²) < 4.78 is 13.5. The highest BCUT2D eigenvalue weighted by molar-refractivity contribution is 7.99. The largest absolute Gasteiger partial charge is 0.387 e. The van der Waals surface area contributed by atoms with Gasteiger partial charge in [0.25, 0.3) is 0 Å². The van der Waals surface area contributed by atoms with Crippen LogP contribution in [0, 0.1) is 5.82 Å². The molecule has 0 amide bonds. The summed E-state index contributed by atoms with van der Waals surface area (Å²) in [6, 6.07) is 6.87. The van der Waals surface area contributed by atoms with Crippen molar-refractivity contribution in [1.29, 1.82) is 0 Å². The van der Waals surface area contributed by atoms with Gasteiger partial charge in [0.1, 0.15) is 5.82 Å². The Morgan fingerprint density at radius 2 is 2.22 bits per heavy atom. The Bertz CT molecular complexity index is 388. The normalized spacial score (nSPS) is 25.3. The average Bonchev–Trinajstić information content (AvgIpc) is 2.84. The number of benzene rings is 1. The lowest BCUT2D eigenvalue weighted by atomic mass is 10.1. The van der Waals surface area contributed by atoms with Gasteiger partial charge >= 0.3 is 0 Å². The highest BCUT2D eigenvalue weighted by atomic mass is 32.2. The third kappa shape index (κ3) is 3.25. The third-order valence-electron chi connectivity index (χ3n) is 3.59. The smallest absolute Gasteiger partial charge is 0.129 e. The van der Waals surface area contributed by atoms with Crippen LogP contribution in [0.3, 0.4) is 0 Å². The summed E-state index contributed by atoms with van der Waals surface area (Å²) in [6.45, 7) is 0.419. The molecule has 0 aromatic heterocycles. The molecule has 0 spiro atoms. The maximum atomic E-state index is 13.5. The third-order valence-corrected chi connectivity index (χ3v) is 4.76. The maximum absolute atomic E-state index is 13.5. The summed E-state index contributed by atoms with van der Waals surface area (Å²) >= 11 is 1.87. The van der Waals surface area contributed by atoms with Gasteiger partial charge in [-0.25, -0.2) is 4.39 Å². The van der Waals surface area contributed by atoms with E-state index in [1.165, 1.54) is 18.9 Å². The summed E-state index contributed by atoms with van der Waals surface area (Å²) in [6.07, 6.45) is 4.97. The van der Waals surface area contributed by atoms with Crippen LogP contribution in [0.2, 0.25) is 0 Å². The Morgan fingerprint density at radius 1 is 1.44 bits per heavy atom. The van der Waals surface area contributed by atoms with Crippen LogP contribution in [0.4, 0.5) is 4.39 Å². The fourth-order valence-electron chi connectivity index (χ4n) is 2.56. The SMILES string of the molecule is CSC1CCCC1NCC(O)c1ccccc1F. The Balaban J connectivity index is 1.88. The molecule has 2 N–H and O–H groups in total. The van der Waals surface area contributed by atoms with Crippen molar-refractivity contribution in [3.63, 3.8) is 0 Å². The molecule has 0 aliphatic heterocycles. The van der Waals surface area contributed by atoms with E-state index in [1.807, 2.05) is 11.8 Å². The van der Waals surface area contributed by atoms with Crippen molar-refractivity contribution in [2.45, 2.75) is 36.7 Å². The summed E-state index contributed by atoms with van der Waals surface area (Å²) in [5, 5.41) is 14.0. The van der Waals surface area contributed by atoms with E-state index >= 15 is 0 Å². The Hall–Kier alpha value is -0.580. The van der Waals surface area contributed by atoms with Gasteiger partial charge in [0.15, 0.2) is 0 Å². The topological polar surface area (TPSA) is 32.3 Å². The van der Waals surface area contributed by atoms with E-state index < -0.39 is 6.10 Å². The maximum Gasteiger partial charge on any atom is 0.129 e. The molecule has 1 aliphatic carbocycles. The van der Waals surface area contributed by atoms with E-state index in [1.54, 1.807) is 18.2 Å². The zero-order valence-corrected chi connectivity index (χ0v) is 11.4. The van der Waals surface area contributed by atoms with E-state index in [9.17, 15) is 9.50 Å². The van der Waals surface area contributed by atoms with Gasteiger partial charge in [-0.2, -0.15) is 11.8 Å². The van der Waals surface area contributed by atoms with Crippen LogP contribution in [0.25, 0.3) is 0 Å². The second-order valence-electron chi connectivity index (χ2n) is 4.76. The van der Waals surface area contributed by atoms with E-state index in [-0.39, 0.29) is 5.82 Å². The first-order chi connectivity index (χ1) is 8.72. The summed E-state index contributed by atoms with van der Waals surface area (Å²) in [5.74, 6) is -0.334. The molecule has 1 saturated carbocycles. The Morgan fingerprint density at radius 3 is 2.94 bits per heavy atom. The molecule has 1 aromatic rings. The minimum Gasteiger partial charge on any atom is -0.387 e. The van der Waals surface area contributed by atoms with Crippen LogP contribution >= 0.6 is 11.8 Å². The lowest BCUT2D eigenvalue weighted by molar-refractivity contribution is 0.165. The van der Waals surface area contributed by atoms with Gasteiger partial charge < -0.3 is 10.4 Å². The zero-order valence-electron chi connectivity index (χ0n) is 10.6. The van der Waals surface area contributed by atoms with Gasteiger partial charge in [-0.15, -0.1) is 0 Å². The fourth-order valence-corrected chi connectivity index (χ4v) is 3.52. The van der Waals surface area contributed by atoms with Crippen molar-refractivity contribution in [1.82, 2.24) is 5.32 Å². The molecule has 0 heterocycles. The van der Waals surface area contributed by atoms with Crippen molar-refractivity contribution >= 4 is 11.8 Å². The van der Waals surface area contributed by atoms with Gasteiger partial charge in [0.2, 0.25) is 0 Å². The van der Waals surface area contributed by atoms with Crippen LogP contribution in [0.5, 0.6) is 0 Å². The van der Waals surface area contributed by atoms with Crippen LogP contribution < -0.4 is 5.32 Å². The van der Waals surface area contributed by atoms with Gasteiger partial charge in [-0.3, -0.25) is 0 Å². The minimum absolute atomic E-state index is 0.334. The number of thioether (sulfide) groups is 1. The second-order valence-corrected chi connectivity index (χ2v) is 5.83. The summed E-state index contributed by atoms with van der Waals surface area (Å²) in [5.41, 5.74) is 0.378. The molecule has 2 nitrogen and oxygen atoms in total. The molecule has 1 aliphatic rings. The molecule has 1 fully saturated rings. The van der Waals surface area contributed by atoms with E-state index in [0.717, 1.165) is 6.42 Å². The standard InChI is InChI=1S/C14H20FNOS/c1-18-14-8-4-7-12(14)16-9-13(17)10-5-2-3-6-11(10)15/h2-3,5-6,12-14,16-17H,4,7-9H2,1H3. The van der Waals surface area contributed by atoms with E-state index in [0.29, 0.717) is 23.4 Å². The highest BCUT2D eigenvalue weighted by Gasteiger charge is 2.26. The quantitative estimate of drug-likeness (QED) is 0.862. The number of aliphatic hydroxyl groups is 1. The first-order valence-electron chi connectivity index (χ1n) is 6.41. The van der Waals surface area contributed by atoms with Crippen molar-refractivity contribution in [2.75, 3.05) is 12.8 Å². The molecule has 2 rings (SSSR count). The fraction of sp³-hybridized carbons (Fsp3) is 0.571. The highest BCUT2D eigenvalue weighted by Crippen LogP contribution is 2.28. The summed E-state index contributed by atoms with van der Waals surface area (Å²) in [4.78, 5) is 0. The van der Waals surface area contributed by atoms with Gasteiger partial charge in [0.05, 0.1) is 6.10 Å². The second kappa shape index (κ2) is 6.55. The summed E-state index contributed by atoms with van der Waals surface area (Å²) in [7, 11) is 0. The molecule has 18 heavy (non-hydrogen) atoms. The van der Waals surface area contributed by atoms with Crippen LogP contribution in [0.15, 0.2) is 24.3 Å². The minimum atomic E-state index is -0.769. The first kappa shape index (κ1) is 13.8. The average molecular weight is 269 g/mol. The Labute approximate surface area is 112 Å². The molecule has 3 atom stereocenters. The van der Waals surface area contributed by atoms with Crippen molar-refractivity contribution in [3.8, 4) is 0 Å². The number of halogens is 1. The van der Waals surface area contributed by atoms with Gasteiger partial charge in [-0.1, -0.05) is 24.6 Å². The molecular weight excluding hydrogens is 249 g/mol. The lowest BCUT2D eigenvalue weighted by Crippen LogP contribution is -2.36. The number of nitrogens with one attached hydrogen (secondary N) is 1. The number of hydrogen-bond donors (Lipinski definition) is 2. The lowest BCUT2D eigenvalue weighted by Gasteiger charge is -2.21. The molecule has 4 heteroatoms. The molecule has 0 saturated heterocycles. The molecule has 1 aromatic carbocycles. The van der Waals surface area contributed by atoms with Crippen molar-refractivity contribution < 1.29 is 9.50 Å².